The predicted octanol–water partition coefficient (Wildman–Crippen LogP) is 3.98. The summed E-state index contributed by atoms with van der Waals surface area (Å²) in [6, 6.07) is 10.9. The third-order valence-electron chi connectivity index (χ3n) is 3.01. The Morgan fingerprint density at radius 3 is 2.70 bits per heavy atom. The van der Waals surface area contributed by atoms with Crippen molar-refractivity contribution in [1.29, 1.82) is 0 Å². The van der Waals surface area contributed by atoms with Crippen LogP contribution in [0.15, 0.2) is 40.9 Å². The molecular weight excluding hydrogens is 321 g/mol. The first-order chi connectivity index (χ1) is 9.60. The molecular formula is C16H17BrFNO. The number of benzene rings is 2. The van der Waals surface area contributed by atoms with E-state index in [-0.39, 0.29) is 5.82 Å². The Morgan fingerprint density at radius 2 is 2.00 bits per heavy atom. The smallest absolute Gasteiger partial charge is 0.137 e. The molecule has 2 aromatic carbocycles. The molecule has 0 radical (unpaired) electrons. The van der Waals surface area contributed by atoms with Gasteiger partial charge in [0.25, 0.3) is 0 Å². The van der Waals surface area contributed by atoms with E-state index in [9.17, 15) is 4.39 Å². The van der Waals surface area contributed by atoms with Gasteiger partial charge in [0.05, 0.1) is 4.47 Å². The zero-order valence-electron chi connectivity index (χ0n) is 11.3. The van der Waals surface area contributed by atoms with Gasteiger partial charge in [-0.2, -0.15) is 0 Å². The van der Waals surface area contributed by atoms with E-state index in [4.69, 9.17) is 10.5 Å². The van der Waals surface area contributed by atoms with E-state index in [0.717, 1.165) is 23.3 Å². The molecule has 2 aromatic rings. The van der Waals surface area contributed by atoms with Gasteiger partial charge in [0.2, 0.25) is 0 Å². The molecule has 4 heteroatoms. The summed E-state index contributed by atoms with van der Waals surface area (Å²) in [5.41, 5.74) is 8.83. The molecule has 2 nitrogen and oxygen atoms in total. The van der Waals surface area contributed by atoms with E-state index in [1.54, 1.807) is 12.1 Å². The number of aryl methyl sites for hydroxylation is 1. The summed E-state index contributed by atoms with van der Waals surface area (Å²) in [7, 11) is 0. The van der Waals surface area contributed by atoms with Crippen molar-refractivity contribution < 1.29 is 9.13 Å². The number of hydrogen-bond acceptors (Lipinski definition) is 2. The van der Waals surface area contributed by atoms with Crippen molar-refractivity contribution in [2.45, 2.75) is 20.0 Å². The maximum atomic E-state index is 13.2. The Morgan fingerprint density at radius 1 is 1.20 bits per heavy atom. The summed E-state index contributed by atoms with van der Waals surface area (Å²) in [6.07, 6.45) is 0.782. The molecule has 0 aliphatic heterocycles. The Kier molecular flexibility index (Phi) is 5.15. The molecule has 0 fully saturated rings. The normalized spacial score (nSPS) is 10.6. The van der Waals surface area contributed by atoms with E-state index in [1.807, 2.05) is 19.1 Å². The Bertz CT molecular complexity index is 601. The van der Waals surface area contributed by atoms with Crippen LogP contribution in [0, 0.1) is 12.7 Å². The van der Waals surface area contributed by atoms with Crippen LogP contribution in [-0.4, -0.2) is 6.54 Å². The van der Waals surface area contributed by atoms with Crippen LogP contribution in [0.4, 0.5) is 4.39 Å². The van der Waals surface area contributed by atoms with Crippen molar-refractivity contribution >= 4 is 15.9 Å². The summed E-state index contributed by atoms with van der Waals surface area (Å²) >= 11 is 3.17. The van der Waals surface area contributed by atoms with Gasteiger partial charge < -0.3 is 10.5 Å². The minimum absolute atomic E-state index is 0.270. The summed E-state index contributed by atoms with van der Waals surface area (Å²) < 4.78 is 19.4. The third-order valence-corrected chi connectivity index (χ3v) is 3.62. The van der Waals surface area contributed by atoms with Crippen molar-refractivity contribution in [2.75, 3.05) is 6.54 Å². The first-order valence-corrected chi connectivity index (χ1v) is 7.26. The number of rotatable bonds is 5. The van der Waals surface area contributed by atoms with Crippen molar-refractivity contribution in [3.05, 3.63) is 63.4 Å². The van der Waals surface area contributed by atoms with Gasteiger partial charge in [-0.15, -0.1) is 0 Å². The zero-order valence-corrected chi connectivity index (χ0v) is 12.9. The zero-order chi connectivity index (χ0) is 14.5. The maximum absolute atomic E-state index is 13.2. The highest BCUT2D eigenvalue weighted by Gasteiger charge is 2.05. The van der Waals surface area contributed by atoms with Crippen LogP contribution >= 0.6 is 15.9 Å². The topological polar surface area (TPSA) is 35.2 Å². The highest BCUT2D eigenvalue weighted by molar-refractivity contribution is 9.10. The second kappa shape index (κ2) is 6.86. The lowest BCUT2D eigenvalue weighted by Gasteiger charge is -2.12. The van der Waals surface area contributed by atoms with Gasteiger partial charge in [0.1, 0.15) is 18.2 Å². The lowest BCUT2D eigenvalue weighted by atomic mass is 10.1. The van der Waals surface area contributed by atoms with Crippen LogP contribution in [-0.2, 0) is 13.0 Å². The van der Waals surface area contributed by atoms with Crippen molar-refractivity contribution in [2.24, 2.45) is 5.73 Å². The highest BCUT2D eigenvalue weighted by atomic mass is 79.9. The maximum Gasteiger partial charge on any atom is 0.137 e. The third kappa shape index (κ3) is 3.81. The molecule has 106 valence electrons. The number of hydrogen-bond donors (Lipinski definition) is 1. The Balaban J connectivity index is 2.11. The molecule has 20 heavy (non-hydrogen) atoms. The minimum Gasteiger partial charge on any atom is -0.489 e. The van der Waals surface area contributed by atoms with Crippen LogP contribution in [0.2, 0.25) is 0 Å². The minimum atomic E-state index is -0.270. The lowest BCUT2D eigenvalue weighted by Crippen LogP contribution is -2.06. The van der Waals surface area contributed by atoms with Crippen LogP contribution in [0.1, 0.15) is 16.7 Å². The number of halogens is 2. The van der Waals surface area contributed by atoms with E-state index >= 15 is 0 Å². The van der Waals surface area contributed by atoms with Gasteiger partial charge in [-0.05, 0) is 65.1 Å². The molecule has 0 amide bonds. The quantitative estimate of drug-likeness (QED) is 0.895. The molecule has 0 unspecified atom stereocenters. The first kappa shape index (κ1) is 15.0. The summed E-state index contributed by atoms with van der Waals surface area (Å²) in [6.45, 7) is 3.03. The summed E-state index contributed by atoms with van der Waals surface area (Å²) in [5, 5.41) is 0. The van der Waals surface area contributed by atoms with Crippen LogP contribution in [0.25, 0.3) is 0 Å². The van der Waals surface area contributed by atoms with Gasteiger partial charge in [0.15, 0.2) is 0 Å². The van der Waals surface area contributed by atoms with E-state index in [2.05, 4.69) is 22.0 Å². The SMILES string of the molecule is Cc1ccc(OCc2ccc(F)c(Br)c2)c(CCN)c1. The lowest BCUT2D eigenvalue weighted by molar-refractivity contribution is 0.302. The second-order valence-corrected chi connectivity index (χ2v) is 5.54. The van der Waals surface area contributed by atoms with Gasteiger partial charge >= 0.3 is 0 Å². The largest absolute Gasteiger partial charge is 0.489 e. The molecule has 0 aromatic heterocycles. The number of nitrogens with two attached hydrogens (primary N) is 1. The van der Waals surface area contributed by atoms with E-state index in [0.29, 0.717) is 17.6 Å². The molecule has 0 atom stereocenters. The van der Waals surface area contributed by atoms with Gasteiger partial charge in [-0.3, -0.25) is 0 Å². The summed E-state index contributed by atoms with van der Waals surface area (Å²) in [4.78, 5) is 0. The molecule has 2 rings (SSSR count). The Hall–Kier alpha value is -1.39. The summed E-state index contributed by atoms with van der Waals surface area (Å²) in [5.74, 6) is 0.564. The molecule has 0 saturated heterocycles. The monoisotopic (exact) mass is 337 g/mol. The van der Waals surface area contributed by atoms with Crippen molar-refractivity contribution in [3.63, 3.8) is 0 Å². The average molecular weight is 338 g/mol. The molecule has 0 spiro atoms. The fourth-order valence-corrected chi connectivity index (χ4v) is 2.42. The second-order valence-electron chi connectivity index (χ2n) is 4.69. The van der Waals surface area contributed by atoms with Crippen molar-refractivity contribution in [3.8, 4) is 5.75 Å². The number of ether oxygens (including phenoxy) is 1. The van der Waals surface area contributed by atoms with Crippen LogP contribution in [0.5, 0.6) is 5.75 Å². The molecule has 0 aliphatic carbocycles. The highest BCUT2D eigenvalue weighted by Crippen LogP contribution is 2.23. The fourth-order valence-electron chi connectivity index (χ4n) is 1.99. The van der Waals surface area contributed by atoms with E-state index < -0.39 is 0 Å². The first-order valence-electron chi connectivity index (χ1n) is 6.46. The molecule has 0 saturated carbocycles. The van der Waals surface area contributed by atoms with Gasteiger partial charge in [0, 0.05) is 0 Å². The van der Waals surface area contributed by atoms with Crippen LogP contribution in [0.3, 0.4) is 0 Å². The van der Waals surface area contributed by atoms with E-state index in [1.165, 1.54) is 11.6 Å². The predicted molar refractivity (Wildman–Crippen MR) is 82.4 cm³/mol. The molecule has 0 aliphatic rings. The molecule has 0 bridgehead atoms. The van der Waals surface area contributed by atoms with Gasteiger partial charge in [-0.25, -0.2) is 4.39 Å². The van der Waals surface area contributed by atoms with Crippen LogP contribution < -0.4 is 10.5 Å². The molecule has 2 N–H and O–H groups in total. The standard InChI is InChI=1S/C16H17BrFNO/c1-11-2-5-16(13(8-11)6-7-19)20-10-12-3-4-15(18)14(17)9-12/h2-5,8-9H,6-7,10,19H2,1H3. The Labute approximate surface area is 126 Å². The fraction of sp³-hybridized carbons (Fsp3) is 0.250. The van der Waals surface area contributed by atoms with Gasteiger partial charge in [-0.1, -0.05) is 23.8 Å². The average Bonchev–Trinajstić information content (AvgIpc) is 2.42. The molecule has 0 heterocycles. The van der Waals surface area contributed by atoms with Crippen molar-refractivity contribution in [1.82, 2.24) is 0 Å².